The molecule has 0 aliphatic carbocycles. The summed E-state index contributed by atoms with van der Waals surface area (Å²) >= 11 is 0. The molecule has 1 aliphatic heterocycles. The van der Waals surface area contributed by atoms with Crippen molar-refractivity contribution >= 4 is 23.4 Å². The van der Waals surface area contributed by atoms with Crippen LogP contribution in [0.4, 0.5) is 25.0 Å². The Kier molecular flexibility index (Phi) is 5.30. The van der Waals surface area contributed by atoms with E-state index < -0.39 is 29.0 Å². The number of ether oxygens (including phenoxy) is 1. The number of hydrogen-bond donors (Lipinski definition) is 2. The minimum absolute atomic E-state index is 0.194. The van der Waals surface area contributed by atoms with E-state index in [-0.39, 0.29) is 17.0 Å². The third-order valence-corrected chi connectivity index (χ3v) is 5.75. The molecule has 1 radical (unpaired) electrons. The maximum absolute atomic E-state index is 14.6. The molecule has 4 aromatic carbocycles. The lowest BCUT2D eigenvalue weighted by atomic mass is 9.70. The Labute approximate surface area is 194 Å². The number of para-hydroxylation sites is 1. The van der Waals surface area contributed by atoms with Gasteiger partial charge in [-0.3, -0.25) is 10.1 Å². The molecule has 1 aliphatic rings. The highest BCUT2D eigenvalue weighted by molar-refractivity contribution is 6.11. The molecule has 1 heterocycles. The lowest BCUT2D eigenvalue weighted by Crippen LogP contribution is -2.37. The molecular formula is C27H17F2N2O3. The Morgan fingerprint density at radius 1 is 0.882 bits per heavy atom. The Morgan fingerprint density at radius 3 is 2.26 bits per heavy atom. The fourth-order valence-corrected chi connectivity index (χ4v) is 4.24. The van der Waals surface area contributed by atoms with Crippen LogP contribution in [0.1, 0.15) is 16.7 Å². The second kappa shape index (κ2) is 8.44. The van der Waals surface area contributed by atoms with Crippen molar-refractivity contribution in [3.8, 4) is 5.75 Å². The molecule has 34 heavy (non-hydrogen) atoms. The minimum atomic E-state index is -1.43. The van der Waals surface area contributed by atoms with Gasteiger partial charge >= 0.3 is 6.09 Å². The zero-order valence-electron chi connectivity index (χ0n) is 17.6. The summed E-state index contributed by atoms with van der Waals surface area (Å²) in [4.78, 5) is 25.6. The first-order valence-corrected chi connectivity index (χ1v) is 10.4. The molecule has 0 aromatic heterocycles. The first-order valence-electron chi connectivity index (χ1n) is 10.4. The van der Waals surface area contributed by atoms with Crippen LogP contribution in [0.2, 0.25) is 0 Å². The summed E-state index contributed by atoms with van der Waals surface area (Å²) in [6, 6.07) is 27.2. The van der Waals surface area contributed by atoms with Crippen LogP contribution >= 0.6 is 0 Å². The van der Waals surface area contributed by atoms with E-state index in [1.165, 1.54) is 6.07 Å². The SMILES string of the molecule is O=C(Nc1ccccc1)Oc1ccc(C2(c3cc[c]cc3)C(=O)Nc3c2ccc(F)c3F)cc1. The smallest absolute Gasteiger partial charge is 0.410 e. The highest BCUT2D eigenvalue weighted by atomic mass is 19.2. The van der Waals surface area contributed by atoms with Crippen molar-refractivity contribution in [2.75, 3.05) is 10.6 Å². The van der Waals surface area contributed by atoms with Crippen molar-refractivity contribution in [3.63, 3.8) is 0 Å². The molecule has 2 amide bonds. The Hall–Kier alpha value is -4.52. The zero-order chi connectivity index (χ0) is 23.7. The van der Waals surface area contributed by atoms with Gasteiger partial charge in [0.2, 0.25) is 5.91 Å². The average Bonchev–Trinajstić information content (AvgIpc) is 3.16. The van der Waals surface area contributed by atoms with Crippen molar-refractivity contribution < 1.29 is 23.1 Å². The fourth-order valence-electron chi connectivity index (χ4n) is 4.24. The van der Waals surface area contributed by atoms with Crippen LogP contribution in [0.5, 0.6) is 5.75 Å². The van der Waals surface area contributed by atoms with Crippen molar-refractivity contribution in [2.24, 2.45) is 0 Å². The molecule has 1 atom stereocenters. The van der Waals surface area contributed by atoms with E-state index >= 15 is 0 Å². The molecule has 0 spiro atoms. The van der Waals surface area contributed by atoms with Crippen LogP contribution in [0, 0.1) is 17.7 Å². The van der Waals surface area contributed by atoms with E-state index in [1.54, 1.807) is 72.8 Å². The molecule has 0 saturated carbocycles. The van der Waals surface area contributed by atoms with Crippen LogP contribution in [0.25, 0.3) is 0 Å². The number of halogens is 2. The van der Waals surface area contributed by atoms with Crippen LogP contribution in [-0.2, 0) is 10.2 Å². The maximum atomic E-state index is 14.6. The van der Waals surface area contributed by atoms with E-state index in [4.69, 9.17) is 4.74 Å². The number of amides is 2. The van der Waals surface area contributed by atoms with E-state index in [0.29, 0.717) is 16.8 Å². The van der Waals surface area contributed by atoms with Crippen molar-refractivity contribution in [2.45, 2.75) is 5.41 Å². The topological polar surface area (TPSA) is 67.4 Å². The summed E-state index contributed by atoms with van der Waals surface area (Å²) in [7, 11) is 0. The highest BCUT2D eigenvalue weighted by Gasteiger charge is 2.51. The van der Waals surface area contributed by atoms with Gasteiger partial charge in [-0.05, 0) is 47.5 Å². The lowest BCUT2D eigenvalue weighted by Gasteiger charge is -2.29. The molecule has 5 rings (SSSR count). The molecule has 4 aromatic rings. The number of hydrogen-bond acceptors (Lipinski definition) is 3. The second-order valence-electron chi connectivity index (χ2n) is 7.68. The predicted octanol–water partition coefficient (Wildman–Crippen LogP) is 5.66. The Bertz CT molecular complexity index is 1380. The third kappa shape index (κ3) is 3.47. The first kappa shape index (κ1) is 21.3. The van der Waals surface area contributed by atoms with Crippen LogP contribution in [0.15, 0.2) is 91.0 Å². The summed E-state index contributed by atoms with van der Waals surface area (Å²) in [5, 5.41) is 5.13. The van der Waals surface area contributed by atoms with Gasteiger partial charge in [-0.2, -0.15) is 0 Å². The van der Waals surface area contributed by atoms with Gasteiger partial charge in [0.15, 0.2) is 11.6 Å². The number of rotatable bonds is 4. The van der Waals surface area contributed by atoms with Gasteiger partial charge in [-0.25, -0.2) is 13.6 Å². The van der Waals surface area contributed by atoms with E-state index in [9.17, 15) is 18.4 Å². The van der Waals surface area contributed by atoms with Crippen LogP contribution in [-0.4, -0.2) is 12.0 Å². The lowest BCUT2D eigenvalue weighted by molar-refractivity contribution is -0.118. The first-order chi connectivity index (χ1) is 16.5. The average molecular weight is 455 g/mol. The van der Waals surface area contributed by atoms with Gasteiger partial charge in [-0.1, -0.05) is 60.7 Å². The summed E-state index contributed by atoms with van der Waals surface area (Å²) in [6.07, 6.45) is -0.672. The third-order valence-electron chi connectivity index (χ3n) is 5.75. The van der Waals surface area contributed by atoms with E-state index in [1.807, 2.05) is 6.07 Å². The van der Waals surface area contributed by atoms with E-state index in [0.717, 1.165) is 6.07 Å². The fraction of sp³-hybridized carbons (Fsp3) is 0.0370. The van der Waals surface area contributed by atoms with Crippen molar-refractivity contribution in [1.29, 1.82) is 0 Å². The van der Waals surface area contributed by atoms with Gasteiger partial charge < -0.3 is 10.1 Å². The molecule has 7 heteroatoms. The predicted molar refractivity (Wildman–Crippen MR) is 123 cm³/mol. The molecular weight excluding hydrogens is 438 g/mol. The minimum Gasteiger partial charge on any atom is -0.410 e. The summed E-state index contributed by atoms with van der Waals surface area (Å²) in [6.45, 7) is 0. The molecule has 167 valence electrons. The highest BCUT2D eigenvalue weighted by Crippen LogP contribution is 2.48. The largest absolute Gasteiger partial charge is 0.417 e. The number of carbonyl (C=O) groups is 2. The molecule has 1 unspecified atom stereocenters. The molecule has 2 N–H and O–H groups in total. The van der Waals surface area contributed by atoms with Gasteiger partial charge in [-0.15, -0.1) is 0 Å². The number of anilines is 2. The van der Waals surface area contributed by atoms with Crippen LogP contribution < -0.4 is 15.4 Å². The van der Waals surface area contributed by atoms with Gasteiger partial charge in [0.1, 0.15) is 11.2 Å². The van der Waals surface area contributed by atoms with Gasteiger partial charge in [0, 0.05) is 11.3 Å². The molecule has 0 bridgehead atoms. The molecule has 0 saturated heterocycles. The number of fused-ring (bicyclic) bond motifs is 1. The second-order valence-corrected chi connectivity index (χ2v) is 7.68. The van der Waals surface area contributed by atoms with E-state index in [2.05, 4.69) is 16.7 Å². The standard InChI is InChI=1S/C27H17F2N2O3/c28-22-16-15-21-24(23(22)29)31-25(32)27(21,17-7-3-1-4-8-17)18-11-13-20(14-12-18)34-26(33)30-19-9-5-2-6-10-19/h2-16H,(H,30,33)(H,31,32). The normalized spacial score (nSPS) is 16.5. The van der Waals surface area contributed by atoms with Gasteiger partial charge in [0.05, 0.1) is 5.69 Å². The Balaban J connectivity index is 1.53. The summed E-state index contributed by atoms with van der Waals surface area (Å²) in [5.41, 5.74) is 0.306. The van der Waals surface area contributed by atoms with Crippen LogP contribution in [0.3, 0.4) is 0 Å². The molecule has 5 nitrogen and oxygen atoms in total. The van der Waals surface area contributed by atoms with Gasteiger partial charge in [0.25, 0.3) is 0 Å². The number of benzene rings is 4. The van der Waals surface area contributed by atoms with Crippen molar-refractivity contribution in [3.05, 3.63) is 125 Å². The zero-order valence-corrected chi connectivity index (χ0v) is 17.6. The summed E-state index contributed by atoms with van der Waals surface area (Å²) < 4.78 is 33.8. The Morgan fingerprint density at radius 2 is 1.56 bits per heavy atom. The molecule has 0 fully saturated rings. The number of carbonyl (C=O) groups excluding carboxylic acids is 2. The maximum Gasteiger partial charge on any atom is 0.417 e. The quantitative estimate of drug-likeness (QED) is 0.417. The monoisotopic (exact) mass is 455 g/mol. The van der Waals surface area contributed by atoms with Crippen molar-refractivity contribution in [1.82, 2.24) is 0 Å². The number of nitrogens with one attached hydrogen (secondary N) is 2. The summed E-state index contributed by atoms with van der Waals surface area (Å²) in [5.74, 6) is -2.44.